The number of rotatable bonds is 2. The zero-order valence-corrected chi connectivity index (χ0v) is 15.9. The van der Waals surface area contributed by atoms with Gasteiger partial charge in [-0.3, -0.25) is 0 Å². The van der Waals surface area contributed by atoms with Crippen molar-refractivity contribution < 1.29 is 9.13 Å². The molecule has 0 rings (SSSR count). The lowest BCUT2D eigenvalue weighted by molar-refractivity contribution is 0.199. The van der Waals surface area contributed by atoms with Crippen LogP contribution < -0.4 is 0 Å². The Morgan fingerprint density at radius 1 is 0.778 bits per heavy atom. The van der Waals surface area contributed by atoms with E-state index in [-0.39, 0.29) is 16.0 Å². The molecule has 1 unspecified atom stereocenters. The van der Waals surface area contributed by atoms with Crippen LogP contribution in [0.25, 0.3) is 0 Å². The van der Waals surface area contributed by atoms with Gasteiger partial charge in [-0.25, -0.2) is 0 Å². The molecule has 0 spiro atoms. The summed E-state index contributed by atoms with van der Waals surface area (Å²) in [7, 11) is -3.76. The monoisotopic (exact) mass is 294 g/mol. The van der Waals surface area contributed by atoms with Crippen LogP contribution in [0.2, 0.25) is 0 Å². The van der Waals surface area contributed by atoms with E-state index >= 15 is 0 Å². The first-order valence-electron chi connectivity index (χ1n) is 6.60. The van der Waals surface area contributed by atoms with Gasteiger partial charge < -0.3 is 9.13 Å². The van der Waals surface area contributed by atoms with Gasteiger partial charge in [0.15, 0.2) is 0 Å². The van der Waals surface area contributed by atoms with E-state index in [1.807, 2.05) is 27.4 Å². The summed E-state index contributed by atoms with van der Waals surface area (Å²) in [6.07, 6.45) is 0. The quantitative estimate of drug-likeness (QED) is 0.646. The molecule has 0 aromatic carbocycles. The maximum Gasteiger partial charge on any atom is 0.103 e. The van der Waals surface area contributed by atoms with E-state index < -0.39 is 20.5 Å². The van der Waals surface area contributed by atoms with E-state index in [0.717, 1.165) is 0 Å². The lowest BCUT2D eigenvalue weighted by Crippen LogP contribution is -2.51. The molecular weight excluding hydrogens is 262 g/mol. The minimum absolute atomic E-state index is 0.250. The van der Waals surface area contributed by atoms with Gasteiger partial charge in [0.2, 0.25) is 0 Å². The SMILES string of the molecule is CC(C)(C)C([PH2]=O)(C(C)(C)C)[P@](C)(=O)C(C)(C)C. The third-order valence-corrected chi connectivity index (χ3v) is 13.5. The zero-order chi connectivity index (χ0) is 15.2. The van der Waals surface area contributed by atoms with Gasteiger partial charge in [-0.1, -0.05) is 62.3 Å². The molecule has 0 saturated heterocycles. The molecule has 0 heterocycles. The average Bonchev–Trinajstić information content (AvgIpc) is 1.96. The Kier molecular flexibility index (Phi) is 4.90. The molecule has 0 aromatic rings. The van der Waals surface area contributed by atoms with Gasteiger partial charge in [0.05, 0.1) is 13.4 Å². The molecule has 18 heavy (non-hydrogen) atoms. The van der Waals surface area contributed by atoms with Crippen molar-refractivity contribution in [1.82, 2.24) is 0 Å². The van der Waals surface area contributed by atoms with Gasteiger partial charge in [0, 0.05) is 5.16 Å². The van der Waals surface area contributed by atoms with Crippen molar-refractivity contribution in [2.24, 2.45) is 10.8 Å². The average molecular weight is 294 g/mol. The normalized spacial score (nSPS) is 19.2. The second kappa shape index (κ2) is 4.78. The standard InChI is InChI=1S/C14H32O2P2/c1-11(2,3)14(17-15,12(4,5)6)18(10,16)13(7,8)9/h17H2,1-10H3/t18-/m1/s1. The Balaban J connectivity index is 6.47. The Morgan fingerprint density at radius 3 is 1.11 bits per heavy atom. The molecule has 0 amide bonds. The van der Waals surface area contributed by atoms with Crippen LogP contribution in [0.3, 0.4) is 0 Å². The van der Waals surface area contributed by atoms with Crippen molar-refractivity contribution in [3.8, 4) is 0 Å². The van der Waals surface area contributed by atoms with Gasteiger partial charge >= 0.3 is 0 Å². The summed E-state index contributed by atoms with van der Waals surface area (Å²) >= 11 is 0. The molecule has 4 heteroatoms. The lowest BCUT2D eigenvalue weighted by atomic mass is 9.76. The topological polar surface area (TPSA) is 34.1 Å². The van der Waals surface area contributed by atoms with Crippen LogP contribution in [0.15, 0.2) is 0 Å². The molecule has 0 radical (unpaired) electrons. The highest BCUT2D eigenvalue weighted by Crippen LogP contribution is 2.78. The van der Waals surface area contributed by atoms with Crippen LogP contribution in [0.1, 0.15) is 62.3 Å². The fraction of sp³-hybridized carbons (Fsp3) is 1.00. The lowest BCUT2D eigenvalue weighted by Gasteiger charge is -2.56. The first kappa shape index (κ1) is 18.5. The van der Waals surface area contributed by atoms with Crippen molar-refractivity contribution >= 4 is 15.6 Å². The van der Waals surface area contributed by atoms with Crippen LogP contribution in [0, 0.1) is 10.8 Å². The van der Waals surface area contributed by atoms with Crippen LogP contribution in [0.5, 0.6) is 0 Å². The molecule has 0 aliphatic heterocycles. The minimum atomic E-state index is -2.64. The largest absolute Gasteiger partial charge is 0.329 e. The first-order valence-corrected chi connectivity index (χ1v) is 9.80. The summed E-state index contributed by atoms with van der Waals surface area (Å²) in [5, 5.41) is -0.328. The summed E-state index contributed by atoms with van der Waals surface area (Å²) < 4.78 is 25.9. The molecule has 110 valence electrons. The summed E-state index contributed by atoms with van der Waals surface area (Å²) in [6.45, 7) is 20.3. The van der Waals surface area contributed by atoms with Gasteiger partial charge in [-0.05, 0) is 17.5 Å². The summed E-state index contributed by atoms with van der Waals surface area (Å²) in [5.41, 5.74) is -0.500. The van der Waals surface area contributed by atoms with Crippen LogP contribution in [-0.4, -0.2) is 16.7 Å². The molecular formula is C14H32O2P2. The Hall–Kier alpha value is 0.460. The van der Waals surface area contributed by atoms with Gasteiger partial charge in [0.1, 0.15) is 7.14 Å². The second-order valence-corrected chi connectivity index (χ2v) is 14.0. The van der Waals surface area contributed by atoms with E-state index in [0.29, 0.717) is 0 Å². The fourth-order valence-electron chi connectivity index (χ4n) is 3.39. The Bertz CT molecular complexity index is 351. The maximum atomic E-state index is 13.6. The predicted octanol–water partition coefficient (Wildman–Crippen LogP) is 5.32. The molecule has 2 nitrogen and oxygen atoms in total. The fourth-order valence-corrected chi connectivity index (χ4v) is 9.68. The van der Waals surface area contributed by atoms with Crippen molar-refractivity contribution in [3.63, 3.8) is 0 Å². The Labute approximate surface area is 115 Å². The third-order valence-electron chi connectivity index (χ3n) is 4.41. The number of hydrogen-bond donors (Lipinski definition) is 0. The molecule has 2 atom stereocenters. The third kappa shape index (κ3) is 2.53. The molecule has 0 aromatic heterocycles. The van der Waals surface area contributed by atoms with Crippen LogP contribution in [0.4, 0.5) is 0 Å². The van der Waals surface area contributed by atoms with Crippen molar-refractivity contribution in [2.45, 2.75) is 72.4 Å². The van der Waals surface area contributed by atoms with Crippen molar-refractivity contribution in [1.29, 1.82) is 0 Å². The van der Waals surface area contributed by atoms with Gasteiger partial charge in [-0.15, -0.1) is 0 Å². The van der Waals surface area contributed by atoms with Crippen molar-refractivity contribution in [3.05, 3.63) is 0 Å². The molecule has 0 fully saturated rings. The van der Waals surface area contributed by atoms with E-state index in [1.165, 1.54) is 0 Å². The molecule has 0 bridgehead atoms. The molecule has 0 N–H and O–H groups in total. The summed E-state index contributed by atoms with van der Waals surface area (Å²) in [4.78, 5) is -0.620. The maximum absolute atomic E-state index is 13.6. The highest BCUT2D eigenvalue weighted by atomic mass is 31.2. The summed E-state index contributed by atoms with van der Waals surface area (Å²) in [6, 6.07) is 0. The van der Waals surface area contributed by atoms with Crippen molar-refractivity contribution in [2.75, 3.05) is 6.66 Å². The molecule has 0 saturated carbocycles. The number of hydrogen-bond acceptors (Lipinski definition) is 2. The van der Waals surface area contributed by atoms with E-state index in [4.69, 9.17) is 0 Å². The summed E-state index contributed by atoms with van der Waals surface area (Å²) in [5.74, 6) is 0. The molecule has 0 aliphatic rings. The second-order valence-electron chi connectivity index (χ2n) is 8.48. The predicted molar refractivity (Wildman–Crippen MR) is 85.3 cm³/mol. The Morgan fingerprint density at radius 2 is 1.06 bits per heavy atom. The van der Waals surface area contributed by atoms with E-state index in [2.05, 4.69) is 41.5 Å². The van der Waals surface area contributed by atoms with E-state index in [1.54, 1.807) is 0 Å². The minimum Gasteiger partial charge on any atom is -0.329 e. The van der Waals surface area contributed by atoms with Crippen LogP contribution in [-0.2, 0) is 9.13 Å². The molecule has 0 aliphatic carbocycles. The smallest absolute Gasteiger partial charge is 0.103 e. The van der Waals surface area contributed by atoms with E-state index in [9.17, 15) is 9.13 Å². The van der Waals surface area contributed by atoms with Gasteiger partial charge in [0.25, 0.3) is 0 Å². The van der Waals surface area contributed by atoms with Crippen LogP contribution >= 0.6 is 15.6 Å². The highest BCUT2D eigenvalue weighted by molar-refractivity contribution is 7.73. The highest BCUT2D eigenvalue weighted by Gasteiger charge is 2.62. The first-order chi connectivity index (χ1) is 7.56. The zero-order valence-electron chi connectivity index (χ0n) is 13.8. The van der Waals surface area contributed by atoms with Gasteiger partial charge in [-0.2, -0.15) is 0 Å².